The summed E-state index contributed by atoms with van der Waals surface area (Å²) < 4.78 is 0. The average Bonchev–Trinajstić information content (AvgIpc) is 3.04. The van der Waals surface area contributed by atoms with E-state index in [0.29, 0.717) is 11.3 Å². The number of hydrogen-bond donors (Lipinski definition) is 3. The van der Waals surface area contributed by atoms with Crippen LogP contribution in [0.3, 0.4) is 0 Å². The Morgan fingerprint density at radius 2 is 2.30 bits per heavy atom. The number of hydrogen-bond acceptors (Lipinski definition) is 6. The van der Waals surface area contributed by atoms with Gasteiger partial charge < -0.3 is 5.11 Å². The molecule has 0 radical (unpaired) electrons. The Kier molecular flexibility index (Phi) is 5.90. The number of rotatable bonds is 7. The third-order valence-corrected chi connectivity index (χ3v) is 3.73. The number of benzene rings is 1. The Hall–Kier alpha value is -2.64. The van der Waals surface area contributed by atoms with Gasteiger partial charge in [-0.15, -0.1) is 11.3 Å². The molecule has 1 heterocycles. The molecule has 23 heavy (non-hydrogen) atoms. The molecule has 2 rings (SSSR count). The highest BCUT2D eigenvalue weighted by atomic mass is 32.1. The van der Waals surface area contributed by atoms with E-state index >= 15 is 0 Å². The number of phenols is 1. The molecule has 1 aromatic heterocycles. The zero-order valence-corrected chi connectivity index (χ0v) is 13.4. The van der Waals surface area contributed by atoms with Crippen molar-refractivity contribution in [2.24, 2.45) is 5.10 Å². The second-order valence-corrected chi connectivity index (χ2v) is 5.65. The Morgan fingerprint density at radius 1 is 1.48 bits per heavy atom. The largest absolute Gasteiger partial charge is 0.507 e. The molecule has 1 amide bonds. The second-order valence-electron chi connectivity index (χ2n) is 4.70. The van der Waals surface area contributed by atoms with E-state index in [2.05, 4.69) is 22.6 Å². The molecule has 2 aromatic rings. The van der Waals surface area contributed by atoms with Crippen molar-refractivity contribution in [1.82, 2.24) is 10.9 Å². The van der Waals surface area contributed by atoms with Crippen LogP contribution < -0.4 is 10.9 Å². The number of hydroxylamine groups is 1. The molecule has 0 fully saturated rings. The lowest BCUT2D eigenvalue weighted by Crippen LogP contribution is -2.26. The second kappa shape index (κ2) is 8.11. The van der Waals surface area contributed by atoms with Crippen LogP contribution in [0.5, 0.6) is 5.75 Å². The van der Waals surface area contributed by atoms with Gasteiger partial charge in [-0.05, 0) is 36.1 Å². The predicted octanol–water partition coefficient (Wildman–Crippen LogP) is 2.40. The summed E-state index contributed by atoms with van der Waals surface area (Å²) in [4.78, 5) is 17.5. The van der Waals surface area contributed by atoms with Crippen molar-refractivity contribution in [3.05, 3.63) is 58.3 Å². The zero-order valence-electron chi connectivity index (χ0n) is 12.6. The van der Waals surface area contributed by atoms with Crippen molar-refractivity contribution in [1.29, 1.82) is 0 Å². The summed E-state index contributed by atoms with van der Waals surface area (Å²) in [6.07, 6.45) is 1.37. The van der Waals surface area contributed by atoms with Crippen molar-refractivity contribution in [2.75, 3.05) is 6.61 Å². The van der Waals surface area contributed by atoms with Gasteiger partial charge in [0.2, 0.25) is 0 Å². The highest BCUT2D eigenvalue weighted by Gasteiger charge is 2.03. The van der Waals surface area contributed by atoms with Crippen LogP contribution in [0.15, 0.2) is 47.4 Å². The number of aryl methyl sites for hydroxylation is 1. The molecular weight excluding hydrogens is 314 g/mol. The minimum absolute atomic E-state index is 0.105. The number of carbonyl (C=O) groups excluding carboxylic acids is 1. The molecule has 0 aliphatic rings. The van der Waals surface area contributed by atoms with Crippen molar-refractivity contribution in [2.45, 2.75) is 6.92 Å². The van der Waals surface area contributed by atoms with Gasteiger partial charge in [-0.2, -0.15) is 5.10 Å². The number of hydrazone groups is 1. The Labute approximate surface area is 138 Å². The van der Waals surface area contributed by atoms with Gasteiger partial charge in [0.25, 0.3) is 5.91 Å². The normalized spacial score (nSPS) is 10.7. The van der Waals surface area contributed by atoms with E-state index in [-0.39, 0.29) is 12.4 Å². The summed E-state index contributed by atoms with van der Waals surface area (Å²) in [6.45, 7) is 5.45. The highest BCUT2D eigenvalue weighted by molar-refractivity contribution is 7.11. The maximum Gasteiger partial charge on any atom is 0.268 e. The number of amides is 1. The van der Waals surface area contributed by atoms with Gasteiger partial charge in [0.1, 0.15) is 5.75 Å². The van der Waals surface area contributed by atoms with Crippen LogP contribution >= 0.6 is 11.3 Å². The summed E-state index contributed by atoms with van der Waals surface area (Å²) in [5.41, 5.74) is 6.95. The molecule has 6 nitrogen and oxygen atoms in total. The van der Waals surface area contributed by atoms with Gasteiger partial charge in [0.05, 0.1) is 16.8 Å². The summed E-state index contributed by atoms with van der Waals surface area (Å²) >= 11 is 1.51. The number of aromatic hydroxyl groups is 1. The lowest BCUT2D eigenvalue weighted by atomic mass is 10.1. The SMILES string of the molecule is C=C(NOCC(=O)N/N=C/c1ccc(C)cc1O)c1cccs1. The van der Waals surface area contributed by atoms with Crippen molar-refractivity contribution < 1.29 is 14.7 Å². The van der Waals surface area contributed by atoms with Crippen molar-refractivity contribution in [3.63, 3.8) is 0 Å². The summed E-state index contributed by atoms with van der Waals surface area (Å²) in [5.74, 6) is -0.326. The Balaban J connectivity index is 1.72. The number of nitrogens with zero attached hydrogens (tertiary/aromatic N) is 1. The molecular formula is C16H17N3O3S. The minimum atomic E-state index is -0.431. The smallest absolute Gasteiger partial charge is 0.268 e. The first kappa shape index (κ1) is 16.7. The Morgan fingerprint density at radius 3 is 3.00 bits per heavy atom. The fourth-order valence-electron chi connectivity index (χ4n) is 1.66. The molecule has 120 valence electrons. The molecule has 0 aliphatic heterocycles. The van der Waals surface area contributed by atoms with Crippen LogP contribution in [0.2, 0.25) is 0 Å². The van der Waals surface area contributed by atoms with Crippen molar-refractivity contribution >= 4 is 29.2 Å². The van der Waals surface area contributed by atoms with Gasteiger partial charge in [-0.3, -0.25) is 15.1 Å². The fourth-order valence-corrected chi connectivity index (χ4v) is 2.30. The van der Waals surface area contributed by atoms with E-state index in [9.17, 15) is 9.90 Å². The monoisotopic (exact) mass is 331 g/mol. The lowest BCUT2D eigenvalue weighted by molar-refractivity contribution is -0.127. The van der Waals surface area contributed by atoms with Crippen LogP contribution in [-0.2, 0) is 9.63 Å². The molecule has 0 saturated heterocycles. The van der Waals surface area contributed by atoms with Gasteiger partial charge in [0, 0.05) is 5.56 Å². The van der Waals surface area contributed by atoms with Gasteiger partial charge >= 0.3 is 0 Å². The van der Waals surface area contributed by atoms with E-state index in [4.69, 9.17) is 4.84 Å². The van der Waals surface area contributed by atoms with Crippen LogP contribution in [0.4, 0.5) is 0 Å². The quantitative estimate of drug-likeness (QED) is 0.537. The number of nitrogens with one attached hydrogen (secondary N) is 2. The standard InChI is InChI=1S/C16H17N3O3S/c1-11-5-6-13(14(20)8-11)9-17-18-16(21)10-22-19-12(2)15-4-3-7-23-15/h3-9,19-20H,2,10H2,1H3,(H,18,21)/b17-9+. The third kappa shape index (κ3) is 5.24. The first-order valence-electron chi connectivity index (χ1n) is 6.78. The van der Waals surface area contributed by atoms with Gasteiger partial charge in [0.15, 0.2) is 6.61 Å². The van der Waals surface area contributed by atoms with Crippen molar-refractivity contribution in [3.8, 4) is 5.75 Å². The molecule has 0 spiro atoms. The maximum absolute atomic E-state index is 11.6. The third-order valence-electron chi connectivity index (χ3n) is 2.80. The number of carbonyl (C=O) groups is 1. The highest BCUT2D eigenvalue weighted by Crippen LogP contribution is 2.16. The van der Waals surface area contributed by atoms with E-state index in [1.165, 1.54) is 17.6 Å². The molecule has 0 atom stereocenters. The minimum Gasteiger partial charge on any atom is -0.507 e. The molecule has 7 heteroatoms. The fraction of sp³-hybridized carbons (Fsp3) is 0.125. The van der Waals surface area contributed by atoms with E-state index in [1.807, 2.05) is 30.5 Å². The van der Waals surface area contributed by atoms with Gasteiger partial charge in [-0.25, -0.2) is 5.43 Å². The van der Waals surface area contributed by atoms with E-state index in [0.717, 1.165) is 10.4 Å². The summed E-state index contributed by atoms with van der Waals surface area (Å²) in [5, 5.41) is 15.4. The van der Waals surface area contributed by atoms with Crippen LogP contribution in [0.25, 0.3) is 5.70 Å². The molecule has 0 saturated carbocycles. The predicted molar refractivity (Wildman–Crippen MR) is 91.0 cm³/mol. The first-order chi connectivity index (χ1) is 11.1. The molecule has 0 aliphatic carbocycles. The molecule has 3 N–H and O–H groups in total. The zero-order chi connectivity index (χ0) is 16.7. The molecule has 0 unspecified atom stereocenters. The Bertz CT molecular complexity index is 711. The van der Waals surface area contributed by atoms with Crippen LogP contribution in [-0.4, -0.2) is 23.8 Å². The maximum atomic E-state index is 11.6. The first-order valence-corrected chi connectivity index (χ1v) is 7.66. The summed E-state index contributed by atoms with van der Waals surface area (Å²) in [7, 11) is 0. The average molecular weight is 331 g/mol. The lowest BCUT2D eigenvalue weighted by Gasteiger charge is -2.07. The van der Waals surface area contributed by atoms with E-state index in [1.54, 1.807) is 12.1 Å². The van der Waals surface area contributed by atoms with Crippen LogP contribution in [0, 0.1) is 6.92 Å². The van der Waals surface area contributed by atoms with Gasteiger partial charge in [-0.1, -0.05) is 18.7 Å². The summed E-state index contributed by atoms with van der Waals surface area (Å²) in [6, 6.07) is 8.96. The molecule has 0 bridgehead atoms. The topological polar surface area (TPSA) is 83.0 Å². The van der Waals surface area contributed by atoms with Crippen LogP contribution in [0.1, 0.15) is 16.0 Å². The number of thiophene rings is 1. The van der Waals surface area contributed by atoms with E-state index < -0.39 is 5.91 Å². The molecule has 1 aromatic carbocycles. The number of phenolic OH excluding ortho intramolecular Hbond substituents is 1.